The molecular weight excluding hydrogens is 1080 g/mol. The van der Waals surface area contributed by atoms with Crippen LogP contribution in [0.3, 0.4) is 0 Å². The summed E-state index contributed by atoms with van der Waals surface area (Å²) in [7, 11) is 0. The third-order valence-corrected chi connectivity index (χ3v) is 17.1. The van der Waals surface area contributed by atoms with E-state index in [1.54, 1.807) is 0 Å². The van der Waals surface area contributed by atoms with Crippen molar-refractivity contribution in [3.63, 3.8) is 0 Å². The fourth-order valence-electron chi connectivity index (χ4n) is 11.5. The van der Waals surface area contributed by atoms with E-state index in [1.807, 2.05) is 0 Å². The van der Waals surface area contributed by atoms with Gasteiger partial charge in [-0.2, -0.15) is 0 Å². The molecule has 0 rings (SSSR count). The van der Waals surface area contributed by atoms with Crippen LogP contribution in [0.15, 0.2) is 0 Å². The molecule has 0 saturated heterocycles. The molecule has 2 amide bonds. The Labute approximate surface area is 531 Å². The molecule has 0 aromatic rings. The summed E-state index contributed by atoms with van der Waals surface area (Å²) < 4.78 is 0. The van der Waals surface area contributed by atoms with Crippen LogP contribution in [0, 0.1) is 0 Å². The smallest absolute Gasteiger partial charge is 0.550 e. The van der Waals surface area contributed by atoms with Gasteiger partial charge in [-0.05, 0) is 38.5 Å². The predicted octanol–water partition coefficient (Wildman–Crippen LogP) is 22.0. The van der Waals surface area contributed by atoms with Crippen LogP contribution in [0.5, 0.6) is 0 Å². The molecule has 0 aliphatic carbocycles. The number of primary amides is 2. The van der Waals surface area contributed by atoms with E-state index in [4.69, 9.17) is 11.5 Å². The standard InChI is InChI=1S/C38H76N2O2.2C18H36O2.Zn/c39-37(41)35-33-31-29-27-25-23-21-19-17-15-13-11-9-7-5-3-1-2-4-6-8-10-12-14-16-18-20-22-24-26-28-30-32-34-36-38(40)42;2*1-2-3-4-5-6-7-8-9-10-11-12-13-14-15-16-17-18(19)20;/h1-36H2,(H2,39,41)(H2,40,42);2*2-17H2,1H3,(H,19,20);/q;;;+2/p-2. The van der Waals surface area contributed by atoms with Crippen molar-refractivity contribution in [2.45, 2.75) is 450 Å². The van der Waals surface area contributed by atoms with E-state index in [2.05, 4.69) is 13.8 Å². The topological polar surface area (TPSA) is 166 Å². The second-order valence-electron chi connectivity index (χ2n) is 25.6. The van der Waals surface area contributed by atoms with Gasteiger partial charge in [-0.15, -0.1) is 0 Å². The maximum Gasteiger partial charge on any atom is 2.00 e. The van der Waals surface area contributed by atoms with Gasteiger partial charge in [-0.3, -0.25) is 9.59 Å². The second kappa shape index (κ2) is 82.6. The van der Waals surface area contributed by atoms with Crippen molar-refractivity contribution in [3.05, 3.63) is 0 Å². The Morgan fingerprint density at radius 3 is 0.386 bits per heavy atom. The molecule has 0 aliphatic heterocycles. The first-order valence-corrected chi connectivity index (χ1v) is 37.1. The Morgan fingerprint density at radius 1 is 0.193 bits per heavy atom. The van der Waals surface area contributed by atoms with Crippen LogP contribution in [0.1, 0.15) is 450 Å². The molecule has 0 spiro atoms. The normalized spacial score (nSPS) is 11.0. The molecule has 0 unspecified atom stereocenters. The number of carboxylic acid groups (broad SMARTS) is 2. The summed E-state index contributed by atoms with van der Waals surface area (Å²) in [5.74, 6) is -2.11. The van der Waals surface area contributed by atoms with Gasteiger partial charge in [-0.25, -0.2) is 0 Å². The molecule has 0 saturated carbocycles. The number of carbonyl (C=O) groups is 4. The zero-order valence-electron chi connectivity index (χ0n) is 56.4. The van der Waals surface area contributed by atoms with Crippen molar-refractivity contribution in [2.24, 2.45) is 11.5 Å². The molecule has 0 heterocycles. The van der Waals surface area contributed by atoms with Crippen LogP contribution in [0.4, 0.5) is 0 Å². The first-order chi connectivity index (χ1) is 40.2. The number of amides is 2. The number of rotatable bonds is 69. The van der Waals surface area contributed by atoms with E-state index in [9.17, 15) is 29.4 Å². The van der Waals surface area contributed by atoms with Crippen LogP contribution in [-0.2, 0) is 38.7 Å². The molecular formula is C74H146N2O6Zn. The van der Waals surface area contributed by atoms with Gasteiger partial charge in [-0.1, -0.05) is 399 Å². The largest absolute Gasteiger partial charge is 2.00 e. The number of hydrogen-bond acceptors (Lipinski definition) is 6. The Hall–Kier alpha value is -1.50. The van der Waals surface area contributed by atoms with E-state index >= 15 is 0 Å². The molecule has 0 aromatic carbocycles. The van der Waals surface area contributed by atoms with E-state index in [0.717, 1.165) is 51.4 Å². The van der Waals surface area contributed by atoms with Crippen LogP contribution in [0.2, 0.25) is 0 Å². The minimum Gasteiger partial charge on any atom is -0.550 e. The maximum atomic E-state index is 10.7. The van der Waals surface area contributed by atoms with Gasteiger partial charge < -0.3 is 31.3 Å². The number of aliphatic carboxylic acids is 2. The van der Waals surface area contributed by atoms with Crippen molar-refractivity contribution in [2.75, 3.05) is 0 Å². The van der Waals surface area contributed by atoms with Crippen LogP contribution in [0.25, 0.3) is 0 Å². The predicted molar refractivity (Wildman–Crippen MR) is 354 cm³/mol. The molecule has 0 bridgehead atoms. The molecule has 0 radical (unpaired) electrons. The second-order valence-corrected chi connectivity index (χ2v) is 25.6. The Bertz CT molecular complexity index is 1140. The number of carbonyl (C=O) groups excluding carboxylic acids is 4. The Kier molecular flexibility index (Phi) is 87.5. The molecule has 0 aliphatic rings. The van der Waals surface area contributed by atoms with Gasteiger partial charge >= 0.3 is 19.5 Å². The van der Waals surface area contributed by atoms with Crippen molar-refractivity contribution >= 4 is 23.8 Å². The SMILES string of the molecule is CCCCCCCCCCCCCCCCCC(=O)[O-].CCCCCCCCCCCCCCCCCC(=O)[O-].NC(=O)CCCCCCCCCCCCCCCCCCCCCCCCCCCCCCCCCCCCC(N)=O.[Zn+2]. The van der Waals surface area contributed by atoms with Crippen molar-refractivity contribution < 1.29 is 48.9 Å². The maximum absolute atomic E-state index is 10.7. The molecule has 8 nitrogen and oxygen atoms in total. The monoisotopic (exact) mass is 1220 g/mol. The average molecular weight is 1230 g/mol. The number of unbranched alkanes of at least 4 members (excludes halogenated alkanes) is 61. The fraction of sp³-hybridized carbons (Fsp3) is 0.946. The van der Waals surface area contributed by atoms with E-state index in [1.165, 1.54) is 360 Å². The van der Waals surface area contributed by atoms with Crippen molar-refractivity contribution in [1.29, 1.82) is 0 Å². The zero-order valence-corrected chi connectivity index (χ0v) is 59.4. The van der Waals surface area contributed by atoms with Gasteiger partial charge in [0.15, 0.2) is 0 Å². The summed E-state index contributed by atoms with van der Waals surface area (Å²) in [6.07, 6.45) is 87.6. The fourth-order valence-corrected chi connectivity index (χ4v) is 11.5. The summed E-state index contributed by atoms with van der Waals surface area (Å²) in [6, 6.07) is 0. The number of nitrogens with two attached hydrogens (primary N) is 2. The zero-order chi connectivity index (χ0) is 60.4. The van der Waals surface area contributed by atoms with Gasteiger partial charge in [0.05, 0.1) is 0 Å². The number of carboxylic acids is 2. The molecule has 0 fully saturated rings. The van der Waals surface area contributed by atoms with Gasteiger partial charge in [0.25, 0.3) is 0 Å². The van der Waals surface area contributed by atoms with Crippen LogP contribution >= 0.6 is 0 Å². The van der Waals surface area contributed by atoms with E-state index < -0.39 is 11.9 Å². The van der Waals surface area contributed by atoms with Gasteiger partial charge in [0.1, 0.15) is 0 Å². The molecule has 490 valence electrons. The molecule has 83 heavy (non-hydrogen) atoms. The van der Waals surface area contributed by atoms with Crippen LogP contribution in [-0.4, -0.2) is 23.8 Å². The molecule has 0 atom stereocenters. The summed E-state index contributed by atoms with van der Waals surface area (Å²) >= 11 is 0. The summed E-state index contributed by atoms with van der Waals surface area (Å²) in [6.45, 7) is 4.53. The summed E-state index contributed by atoms with van der Waals surface area (Å²) in [5.41, 5.74) is 10.3. The quantitative estimate of drug-likeness (QED) is 0.0454. The minimum absolute atomic E-state index is 0. The number of hydrogen-bond donors (Lipinski definition) is 2. The summed E-state index contributed by atoms with van der Waals surface area (Å²) in [5, 5.41) is 20.4. The van der Waals surface area contributed by atoms with Gasteiger partial charge in [0.2, 0.25) is 11.8 Å². The van der Waals surface area contributed by atoms with Crippen molar-refractivity contribution in [1.82, 2.24) is 0 Å². The minimum atomic E-state index is -0.903. The first kappa shape index (κ1) is 87.9. The third-order valence-electron chi connectivity index (χ3n) is 17.1. The molecule has 4 N–H and O–H groups in total. The first-order valence-electron chi connectivity index (χ1n) is 37.1. The van der Waals surface area contributed by atoms with Gasteiger partial charge in [0, 0.05) is 24.8 Å². The molecule has 0 aromatic heterocycles. The van der Waals surface area contributed by atoms with E-state index in [-0.39, 0.29) is 44.1 Å². The summed E-state index contributed by atoms with van der Waals surface area (Å²) in [4.78, 5) is 41.8. The Morgan fingerprint density at radius 2 is 0.289 bits per heavy atom. The van der Waals surface area contributed by atoms with E-state index in [0.29, 0.717) is 12.8 Å². The van der Waals surface area contributed by atoms with Crippen molar-refractivity contribution in [3.8, 4) is 0 Å². The molecule has 9 heteroatoms. The average Bonchev–Trinajstić information content (AvgIpc) is 3.45. The Balaban J connectivity index is -0.000000633. The third kappa shape index (κ3) is 97.0. The van der Waals surface area contributed by atoms with Crippen LogP contribution < -0.4 is 21.7 Å².